The number of phenols is 1. The lowest BCUT2D eigenvalue weighted by molar-refractivity contribution is -0.123. The molecule has 6 nitrogen and oxygen atoms in total. The van der Waals surface area contributed by atoms with Crippen molar-refractivity contribution in [3.8, 4) is 11.5 Å². The zero-order valence-electron chi connectivity index (χ0n) is 17.0. The van der Waals surface area contributed by atoms with Gasteiger partial charge in [0.05, 0.1) is 16.5 Å². The van der Waals surface area contributed by atoms with Crippen molar-refractivity contribution in [1.82, 2.24) is 5.32 Å². The van der Waals surface area contributed by atoms with Crippen LogP contribution in [0.25, 0.3) is 0 Å². The summed E-state index contributed by atoms with van der Waals surface area (Å²) in [5, 5.41) is 12.7. The van der Waals surface area contributed by atoms with Crippen LogP contribution in [0.4, 0.5) is 0 Å². The molecule has 2 heterocycles. The molecule has 2 unspecified atom stereocenters. The van der Waals surface area contributed by atoms with Crippen LogP contribution in [0.15, 0.2) is 40.3 Å². The lowest BCUT2D eigenvalue weighted by atomic mass is 9.52. The second kappa shape index (κ2) is 5.46. The van der Waals surface area contributed by atoms with E-state index in [1.54, 1.807) is 6.08 Å². The Bertz CT molecular complexity index is 1200. The summed E-state index contributed by atoms with van der Waals surface area (Å²) in [6, 6.07) is 1.50. The van der Waals surface area contributed by atoms with E-state index in [0.717, 1.165) is 11.1 Å². The lowest BCUT2D eigenvalue weighted by Gasteiger charge is -2.58. The first kappa shape index (κ1) is 19.2. The molecule has 2 aliphatic carbocycles. The molecule has 2 atom stereocenters. The normalized spacial score (nSPS) is 30.7. The second-order valence-corrected chi connectivity index (χ2v) is 9.66. The van der Waals surface area contributed by atoms with Gasteiger partial charge in [-0.15, -0.1) is 12.6 Å². The molecule has 5 rings (SSSR count). The van der Waals surface area contributed by atoms with Crippen molar-refractivity contribution in [2.45, 2.75) is 39.7 Å². The standard InChI is InChI=1S/C23H21NO5S/c1-10-5-6-14-21(2,3)18(26)13(30)9-23(14)22(10,4)8-11-7-12(25)15-16(17(11)29-23)20(28)24-19(15)27/h5-7,9,25,30H,8H2,1-4H3,(H,24,27,28). The molecule has 0 bridgehead atoms. The van der Waals surface area contributed by atoms with Crippen molar-refractivity contribution in [3.63, 3.8) is 0 Å². The predicted octanol–water partition coefficient (Wildman–Crippen LogP) is 3.26. The Morgan fingerprint density at radius 1 is 1.10 bits per heavy atom. The summed E-state index contributed by atoms with van der Waals surface area (Å²) in [5.74, 6) is -1.32. The highest BCUT2D eigenvalue weighted by Gasteiger charge is 2.63. The third-order valence-corrected chi connectivity index (χ3v) is 7.56. The van der Waals surface area contributed by atoms with Gasteiger partial charge in [0, 0.05) is 10.3 Å². The molecular weight excluding hydrogens is 402 g/mol. The Hall–Kier alpha value is -2.80. The van der Waals surface area contributed by atoms with Gasteiger partial charge in [0.2, 0.25) is 0 Å². The highest BCUT2D eigenvalue weighted by atomic mass is 32.1. The van der Waals surface area contributed by atoms with Crippen LogP contribution >= 0.6 is 12.6 Å². The quantitative estimate of drug-likeness (QED) is 0.440. The van der Waals surface area contributed by atoms with E-state index in [0.29, 0.717) is 16.9 Å². The molecule has 1 aromatic carbocycles. The third kappa shape index (κ3) is 1.99. The van der Waals surface area contributed by atoms with Gasteiger partial charge in [0.25, 0.3) is 11.8 Å². The van der Waals surface area contributed by atoms with E-state index in [4.69, 9.17) is 4.74 Å². The van der Waals surface area contributed by atoms with Crippen molar-refractivity contribution < 1.29 is 24.2 Å². The number of rotatable bonds is 0. The maximum atomic E-state index is 12.9. The number of phenolic OH excluding ortho intramolecular Hbond substituents is 1. The second-order valence-electron chi connectivity index (χ2n) is 9.18. The number of allylic oxidation sites excluding steroid dienone is 3. The molecule has 0 saturated carbocycles. The van der Waals surface area contributed by atoms with Gasteiger partial charge < -0.3 is 9.84 Å². The third-order valence-electron chi connectivity index (χ3n) is 7.23. The smallest absolute Gasteiger partial charge is 0.262 e. The minimum Gasteiger partial charge on any atom is -0.507 e. The first-order chi connectivity index (χ1) is 13.9. The van der Waals surface area contributed by atoms with Crippen LogP contribution in [0.2, 0.25) is 0 Å². The number of hydrogen-bond donors (Lipinski definition) is 3. The topological polar surface area (TPSA) is 92.7 Å². The van der Waals surface area contributed by atoms with E-state index in [1.165, 1.54) is 6.07 Å². The Morgan fingerprint density at radius 2 is 1.77 bits per heavy atom. The molecule has 154 valence electrons. The molecule has 30 heavy (non-hydrogen) atoms. The average Bonchev–Trinajstić information content (AvgIpc) is 2.95. The molecule has 0 aromatic heterocycles. The number of ether oxygens (including phenoxy) is 1. The summed E-state index contributed by atoms with van der Waals surface area (Å²) < 4.78 is 6.66. The van der Waals surface area contributed by atoms with Crippen LogP contribution < -0.4 is 10.1 Å². The fourth-order valence-electron chi connectivity index (χ4n) is 5.35. The highest BCUT2D eigenvalue weighted by Crippen LogP contribution is 2.62. The first-order valence-electron chi connectivity index (χ1n) is 9.74. The number of ketones is 1. The number of benzene rings is 1. The number of aromatic hydroxyl groups is 1. The number of amides is 2. The zero-order valence-corrected chi connectivity index (χ0v) is 17.9. The molecule has 7 heteroatoms. The van der Waals surface area contributed by atoms with Crippen molar-refractivity contribution in [2.24, 2.45) is 10.8 Å². The van der Waals surface area contributed by atoms with E-state index < -0.39 is 28.2 Å². The largest absolute Gasteiger partial charge is 0.507 e. The van der Waals surface area contributed by atoms with Gasteiger partial charge in [-0.25, -0.2) is 0 Å². The minimum absolute atomic E-state index is 0.0433. The monoisotopic (exact) mass is 423 g/mol. The summed E-state index contributed by atoms with van der Waals surface area (Å²) in [6.07, 6.45) is 6.11. The summed E-state index contributed by atoms with van der Waals surface area (Å²) in [7, 11) is 0. The Balaban J connectivity index is 1.86. The summed E-state index contributed by atoms with van der Waals surface area (Å²) in [5.41, 5.74) is -0.0692. The number of carbonyl (C=O) groups is 3. The van der Waals surface area contributed by atoms with E-state index in [9.17, 15) is 19.5 Å². The van der Waals surface area contributed by atoms with Gasteiger partial charge in [0.15, 0.2) is 11.4 Å². The van der Waals surface area contributed by atoms with E-state index >= 15 is 0 Å². The summed E-state index contributed by atoms with van der Waals surface area (Å²) >= 11 is 4.48. The van der Waals surface area contributed by atoms with Gasteiger partial charge in [-0.05, 0) is 50.5 Å². The molecule has 1 spiro atoms. The Morgan fingerprint density at radius 3 is 2.47 bits per heavy atom. The molecular formula is C23H21NO5S. The van der Waals surface area contributed by atoms with Crippen molar-refractivity contribution in [1.29, 1.82) is 0 Å². The van der Waals surface area contributed by atoms with Crippen LogP contribution in [0, 0.1) is 10.8 Å². The van der Waals surface area contributed by atoms with E-state index in [2.05, 4.69) is 17.9 Å². The number of hydrogen-bond acceptors (Lipinski definition) is 6. The SMILES string of the molecule is CC1=CC=C2C(C)(C)C(=O)C(S)=CC23Oc2c(cc(O)c4c2C(=O)NC4=O)CC13C. The molecule has 0 fully saturated rings. The van der Waals surface area contributed by atoms with Crippen molar-refractivity contribution >= 4 is 30.2 Å². The number of carbonyl (C=O) groups excluding carboxylic acids is 3. The summed E-state index contributed by atoms with van der Waals surface area (Å²) in [6.45, 7) is 7.74. The number of fused-ring (bicyclic) bond motifs is 3. The fraction of sp³-hybridized carbons (Fsp3) is 0.348. The minimum atomic E-state index is -1.05. The number of Topliss-reactive ketones (excluding diaryl/α,β-unsaturated/α-hetero) is 1. The zero-order chi connectivity index (χ0) is 21.8. The molecule has 0 saturated heterocycles. The van der Waals surface area contributed by atoms with Gasteiger partial charge in [-0.3, -0.25) is 19.7 Å². The maximum Gasteiger partial charge on any atom is 0.262 e. The number of nitrogens with one attached hydrogen (secondary N) is 1. The van der Waals surface area contributed by atoms with Crippen molar-refractivity contribution in [2.75, 3.05) is 0 Å². The molecule has 4 aliphatic rings. The van der Waals surface area contributed by atoms with Crippen LogP contribution in [0.3, 0.4) is 0 Å². The van der Waals surface area contributed by atoms with Gasteiger partial charge in [-0.1, -0.05) is 24.6 Å². The Labute approximate surface area is 179 Å². The van der Waals surface area contributed by atoms with Crippen LogP contribution in [0.5, 0.6) is 11.5 Å². The van der Waals surface area contributed by atoms with Gasteiger partial charge >= 0.3 is 0 Å². The molecule has 2 N–H and O–H groups in total. The lowest BCUT2D eigenvalue weighted by Crippen LogP contribution is -2.61. The van der Waals surface area contributed by atoms with E-state index in [1.807, 2.05) is 39.8 Å². The maximum absolute atomic E-state index is 12.9. The number of imide groups is 1. The van der Waals surface area contributed by atoms with Gasteiger partial charge in [-0.2, -0.15) is 0 Å². The molecule has 2 aliphatic heterocycles. The molecule has 1 aromatic rings. The van der Waals surface area contributed by atoms with Gasteiger partial charge in [0.1, 0.15) is 11.5 Å². The molecule has 2 amide bonds. The predicted molar refractivity (Wildman–Crippen MR) is 113 cm³/mol. The van der Waals surface area contributed by atoms with Crippen LogP contribution in [0.1, 0.15) is 54.0 Å². The molecule has 0 radical (unpaired) electrons. The van der Waals surface area contributed by atoms with E-state index in [-0.39, 0.29) is 28.4 Å². The van der Waals surface area contributed by atoms with Crippen LogP contribution in [-0.4, -0.2) is 28.3 Å². The van der Waals surface area contributed by atoms with Crippen molar-refractivity contribution in [3.05, 3.63) is 57.0 Å². The highest BCUT2D eigenvalue weighted by molar-refractivity contribution is 7.85. The van der Waals surface area contributed by atoms with Crippen LogP contribution in [-0.2, 0) is 11.2 Å². The summed E-state index contributed by atoms with van der Waals surface area (Å²) in [4.78, 5) is 38.0. The first-order valence-corrected chi connectivity index (χ1v) is 10.2. The Kier molecular flexibility index (Phi) is 3.49. The number of thiol groups is 1. The average molecular weight is 423 g/mol. The fourth-order valence-corrected chi connectivity index (χ4v) is 5.81.